The van der Waals surface area contributed by atoms with Gasteiger partial charge in [0, 0.05) is 28.7 Å². The highest BCUT2D eigenvalue weighted by atomic mass is 16.1. The van der Waals surface area contributed by atoms with Crippen molar-refractivity contribution in [2.45, 2.75) is 6.42 Å². The Morgan fingerprint density at radius 3 is 1.62 bits per heavy atom. The van der Waals surface area contributed by atoms with E-state index in [0.717, 1.165) is 83.4 Å². The van der Waals surface area contributed by atoms with E-state index in [0.29, 0.717) is 5.82 Å². The zero-order valence-corrected chi connectivity index (χ0v) is 30.1. The van der Waals surface area contributed by atoms with E-state index in [1.807, 2.05) is 84.9 Å². The topological polar surface area (TPSA) is 42.9 Å². The fraction of sp³-hybridized carbons (Fsp3) is 0.0192. The zero-order chi connectivity index (χ0) is 37.0. The summed E-state index contributed by atoms with van der Waals surface area (Å²) in [5.74, 6) is 0.780. The average Bonchev–Trinajstić information content (AvgIpc) is 3.27. The Morgan fingerprint density at radius 1 is 0.382 bits per heavy atom. The molecule has 260 valence electrons. The molecule has 0 bridgehead atoms. The maximum absolute atomic E-state index is 14.3. The van der Waals surface area contributed by atoms with Crippen molar-refractivity contribution < 1.29 is 4.79 Å². The highest BCUT2D eigenvalue weighted by Gasteiger charge is 2.18. The van der Waals surface area contributed by atoms with Crippen LogP contribution in [-0.2, 0) is 6.42 Å². The fourth-order valence-corrected chi connectivity index (χ4v) is 7.41. The summed E-state index contributed by atoms with van der Waals surface area (Å²) in [4.78, 5) is 24.2. The van der Waals surface area contributed by atoms with Crippen LogP contribution in [-0.4, -0.2) is 15.8 Å². The van der Waals surface area contributed by atoms with Gasteiger partial charge in [0.1, 0.15) is 0 Å². The van der Waals surface area contributed by atoms with Crippen LogP contribution < -0.4 is 0 Å². The molecule has 0 unspecified atom stereocenters. The van der Waals surface area contributed by atoms with Gasteiger partial charge in [0.05, 0.1) is 11.4 Å². The number of nitrogens with zero attached hydrogens (tertiary/aromatic N) is 2. The Labute approximate surface area is 321 Å². The number of rotatable bonds is 9. The second-order valence-electron chi connectivity index (χ2n) is 13.7. The summed E-state index contributed by atoms with van der Waals surface area (Å²) < 4.78 is 0. The number of aromatic nitrogens is 2. The van der Waals surface area contributed by atoms with Gasteiger partial charge in [-0.05, 0) is 55.8 Å². The summed E-state index contributed by atoms with van der Waals surface area (Å²) in [5, 5.41) is 2.04. The third kappa shape index (κ3) is 6.99. The second-order valence-corrected chi connectivity index (χ2v) is 13.7. The van der Waals surface area contributed by atoms with Gasteiger partial charge in [0.2, 0.25) is 0 Å². The minimum atomic E-state index is 0.0925. The molecule has 1 heterocycles. The lowest BCUT2D eigenvalue weighted by Gasteiger charge is -2.16. The first-order valence-corrected chi connectivity index (χ1v) is 18.6. The Kier molecular flexibility index (Phi) is 9.17. The van der Waals surface area contributed by atoms with Crippen LogP contribution in [0.15, 0.2) is 206 Å². The minimum absolute atomic E-state index is 0.0925. The Morgan fingerprint density at radius 2 is 0.909 bits per heavy atom. The van der Waals surface area contributed by atoms with Gasteiger partial charge in [-0.25, -0.2) is 9.97 Å². The Balaban J connectivity index is 1.12. The summed E-state index contributed by atoms with van der Waals surface area (Å²) in [5.41, 5.74) is 13.0. The monoisotopic (exact) mass is 704 g/mol. The van der Waals surface area contributed by atoms with E-state index >= 15 is 0 Å². The van der Waals surface area contributed by atoms with E-state index in [1.165, 1.54) is 0 Å². The molecule has 0 spiro atoms. The molecular formula is C52H36N2O. The zero-order valence-electron chi connectivity index (χ0n) is 30.1. The van der Waals surface area contributed by atoms with Crippen molar-refractivity contribution in [2.75, 3.05) is 0 Å². The molecule has 3 nitrogen and oxygen atoms in total. The molecule has 0 fully saturated rings. The van der Waals surface area contributed by atoms with E-state index in [4.69, 9.17) is 9.97 Å². The maximum atomic E-state index is 14.3. The SMILES string of the molecule is O=C(Cc1cc(-c2ccc(-c3cc(-c4ccccc4)nc(-c4ccccc4)n3)cc2)ccc1-c1ccccc1-c1ccccc1)c1cccc2ccccc12. The number of fused-ring (bicyclic) bond motifs is 1. The third-order valence-corrected chi connectivity index (χ3v) is 10.2. The standard InChI is InChI=1S/C52H36N2O/c55-51(48-26-14-22-38-17-10-11-24-45(38)48)34-43-33-42(31-32-46(43)47-25-13-12-23-44(47)37-15-4-1-5-16-37)36-27-29-40(30-28-36)50-35-49(39-18-6-2-7-19-39)53-52(54-50)41-20-8-3-9-21-41/h1-33,35H,34H2. The number of Topliss-reactive ketones (excluding diaryl/α,β-unsaturated/α-hetero) is 1. The lowest BCUT2D eigenvalue weighted by atomic mass is 9.87. The molecule has 9 rings (SSSR count). The predicted molar refractivity (Wildman–Crippen MR) is 227 cm³/mol. The lowest BCUT2D eigenvalue weighted by Crippen LogP contribution is -2.06. The quantitative estimate of drug-likeness (QED) is 0.141. The van der Waals surface area contributed by atoms with Crippen molar-refractivity contribution in [3.63, 3.8) is 0 Å². The molecule has 9 aromatic rings. The summed E-state index contributed by atoms with van der Waals surface area (Å²) in [7, 11) is 0. The van der Waals surface area contributed by atoms with Crippen molar-refractivity contribution >= 4 is 16.6 Å². The van der Waals surface area contributed by atoms with E-state index < -0.39 is 0 Å². The summed E-state index contributed by atoms with van der Waals surface area (Å²) in [6, 6.07) is 70.5. The summed E-state index contributed by atoms with van der Waals surface area (Å²) in [6.45, 7) is 0. The van der Waals surface area contributed by atoms with E-state index in [9.17, 15) is 4.79 Å². The van der Waals surface area contributed by atoms with Gasteiger partial charge in [-0.3, -0.25) is 4.79 Å². The molecule has 0 radical (unpaired) electrons. The van der Waals surface area contributed by atoms with Crippen molar-refractivity contribution in [1.82, 2.24) is 9.97 Å². The number of hydrogen-bond acceptors (Lipinski definition) is 3. The first kappa shape index (κ1) is 33.6. The molecule has 55 heavy (non-hydrogen) atoms. The first-order valence-electron chi connectivity index (χ1n) is 18.6. The van der Waals surface area contributed by atoms with Gasteiger partial charge < -0.3 is 0 Å². The molecule has 1 aromatic heterocycles. The number of hydrogen-bond donors (Lipinski definition) is 0. The molecule has 0 atom stereocenters. The first-order chi connectivity index (χ1) is 27.2. The van der Waals surface area contributed by atoms with E-state index in [1.54, 1.807) is 0 Å². The molecule has 0 N–H and O–H groups in total. The van der Waals surface area contributed by atoms with Crippen LogP contribution in [0.25, 0.3) is 78.1 Å². The molecule has 0 aliphatic rings. The van der Waals surface area contributed by atoms with E-state index in [2.05, 4.69) is 121 Å². The highest BCUT2D eigenvalue weighted by Crippen LogP contribution is 2.37. The third-order valence-electron chi connectivity index (χ3n) is 10.2. The van der Waals surface area contributed by atoms with Gasteiger partial charge in [-0.2, -0.15) is 0 Å². The largest absolute Gasteiger partial charge is 0.294 e. The highest BCUT2D eigenvalue weighted by molar-refractivity contribution is 6.09. The number of carbonyl (C=O) groups is 1. The van der Waals surface area contributed by atoms with Crippen molar-refractivity contribution in [1.29, 1.82) is 0 Å². The average molecular weight is 705 g/mol. The van der Waals surface area contributed by atoms with Gasteiger partial charge in [-0.1, -0.05) is 200 Å². The van der Waals surface area contributed by atoms with Crippen molar-refractivity contribution in [2.24, 2.45) is 0 Å². The molecule has 0 amide bonds. The van der Waals surface area contributed by atoms with Gasteiger partial charge in [-0.15, -0.1) is 0 Å². The van der Waals surface area contributed by atoms with Crippen LogP contribution in [0, 0.1) is 0 Å². The molecular weight excluding hydrogens is 669 g/mol. The van der Waals surface area contributed by atoms with E-state index in [-0.39, 0.29) is 12.2 Å². The van der Waals surface area contributed by atoms with Crippen molar-refractivity contribution in [3.8, 4) is 67.3 Å². The summed E-state index contributed by atoms with van der Waals surface area (Å²) >= 11 is 0. The second kappa shape index (κ2) is 15.0. The van der Waals surface area contributed by atoms with Crippen LogP contribution in [0.1, 0.15) is 15.9 Å². The van der Waals surface area contributed by atoms with Crippen LogP contribution in [0.2, 0.25) is 0 Å². The van der Waals surface area contributed by atoms with Crippen LogP contribution in [0.5, 0.6) is 0 Å². The lowest BCUT2D eigenvalue weighted by molar-refractivity contribution is 0.0994. The smallest absolute Gasteiger partial charge is 0.167 e. The van der Waals surface area contributed by atoms with Crippen LogP contribution >= 0.6 is 0 Å². The van der Waals surface area contributed by atoms with Gasteiger partial charge in [0.15, 0.2) is 11.6 Å². The molecule has 3 heteroatoms. The predicted octanol–water partition coefficient (Wildman–Crippen LogP) is 13.1. The van der Waals surface area contributed by atoms with Crippen LogP contribution in [0.3, 0.4) is 0 Å². The molecule has 8 aromatic carbocycles. The Hall–Kier alpha value is -7.23. The molecule has 0 aliphatic heterocycles. The number of benzene rings is 8. The van der Waals surface area contributed by atoms with Crippen LogP contribution in [0.4, 0.5) is 0 Å². The Bertz CT molecular complexity index is 2710. The van der Waals surface area contributed by atoms with Crippen molar-refractivity contribution in [3.05, 3.63) is 217 Å². The maximum Gasteiger partial charge on any atom is 0.167 e. The fourth-order valence-electron chi connectivity index (χ4n) is 7.41. The minimum Gasteiger partial charge on any atom is -0.294 e. The van der Waals surface area contributed by atoms with Gasteiger partial charge in [0.25, 0.3) is 0 Å². The number of ketones is 1. The molecule has 0 saturated heterocycles. The van der Waals surface area contributed by atoms with Gasteiger partial charge >= 0.3 is 0 Å². The summed E-state index contributed by atoms with van der Waals surface area (Å²) in [6.07, 6.45) is 0.268. The molecule has 0 saturated carbocycles. The normalized spacial score (nSPS) is 11.1. The molecule has 0 aliphatic carbocycles. The number of carbonyl (C=O) groups excluding carboxylic acids is 1.